The average Bonchev–Trinajstić information content (AvgIpc) is 2.39. The molecule has 1 aliphatic carbocycles. The van der Waals surface area contributed by atoms with Crippen LogP contribution in [0.3, 0.4) is 0 Å². The monoisotopic (exact) mass is 266 g/mol. The smallest absolute Gasteiger partial charge is 0.166 e. The minimum Gasteiger partial charge on any atom is -0.496 e. The predicted molar refractivity (Wildman–Crippen MR) is 73.5 cm³/mol. The van der Waals surface area contributed by atoms with Crippen molar-refractivity contribution in [2.75, 3.05) is 7.11 Å². The SMILES string of the molecule is COc1cc(Cl)ccc1C(=O)CC1CCCCC1. The first-order chi connectivity index (χ1) is 8.70. The number of hydrogen-bond acceptors (Lipinski definition) is 2. The van der Waals surface area contributed by atoms with E-state index in [0.717, 1.165) is 0 Å². The van der Waals surface area contributed by atoms with Gasteiger partial charge in [-0.25, -0.2) is 0 Å². The minimum atomic E-state index is 0.176. The van der Waals surface area contributed by atoms with Gasteiger partial charge in [0.15, 0.2) is 5.78 Å². The first-order valence-corrected chi connectivity index (χ1v) is 6.95. The second-order valence-electron chi connectivity index (χ2n) is 4.98. The Kier molecular flexibility index (Phi) is 4.65. The molecule has 1 saturated carbocycles. The molecule has 0 radical (unpaired) electrons. The van der Waals surface area contributed by atoms with Crippen molar-refractivity contribution in [2.24, 2.45) is 5.92 Å². The zero-order valence-corrected chi connectivity index (χ0v) is 11.5. The van der Waals surface area contributed by atoms with Crippen LogP contribution in [-0.4, -0.2) is 12.9 Å². The third kappa shape index (κ3) is 3.26. The summed E-state index contributed by atoms with van der Waals surface area (Å²) in [5, 5.41) is 0.598. The van der Waals surface area contributed by atoms with Crippen molar-refractivity contribution in [1.29, 1.82) is 0 Å². The van der Waals surface area contributed by atoms with E-state index in [9.17, 15) is 4.79 Å². The molecule has 2 nitrogen and oxygen atoms in total. The second-order valence-corrected chi connectivity index (χ2v) is 5.41. The van der Waals surface area contributed by atoms with Crippen molar-refractivity contribution in [3.63, 3.8) is 0 Å². The normalized spacial score (nSPS) is 16.6. The van der Waals surface area contributed by atoms with Gasteiger partial charge in [0.25, 0.3) is 0 Å². The maximum atomic E-state index is 12.3. The van der Waals surface area contributed by atoms with E-state index in [1.165, 1.54) is 32.1 Å². The minimum absolute atomic E-state index is 0.176. The summed E-state index contributed by atoms with van der Waals surface area (Å²) in [5.74, 6) is 1.31. The van der Waals surface area contributed by atoms with Crippen LogP contribution in [-0.2, 0) is 0 Å². The van der Waals surface area contributed by atoms with E-state index in [-0.39, 0.29) is 5.78 Å². The molecule has 0 aromatic heterocycles. The van der Waals surface area contributed by atoms with Crippen molar-refractivity contribution < 1.29 is 9.53 Å². The van der Waals surface area contributed by atoms with Crippen molar-refractivity contribution >= 4 is 17.4 Å². The Morgan fingerprint density at radius 1 is 1.33 bits per heavy atom. The van der Waals surface area contributed by atoms with Gasteiger partial charge in [-0.05, 0) is 24.1 Å². The van der Waals surface area contributed by atoms with Crippen LogP contribution < -0.4 is 4.74 Å². The van der Waals surface area contributed by atoms with E-state index in [1.54, 1.807) is 25.3 Å². The Bertz CT molecular complexity index is 423. The topological polar surface area (TPSA) is 26.3 Å². The van der Waals surface area contributed by atoms with E-state index in [2.05, 4.69) is 0 Å². The fraction of sp³-hybridized carbons (Fsp3) is 0.533. The second kappa shape index (κ2) is 6.24. The highest BCUT2D eigenvalue weighted by molar-refractivity contribution is 6.30. The van der Waals surface area contributed by atoms with Crippen molar-refractivity contribution in [3.05, 3.63) is 28.8 Å². The summed E-state index contributed by atoms with van der Waals surface area (Å²) in [4.78, 5) is 12.3. The number of carbonyl (C=O) groups is 1. The highest BCUT2D eigenvalue weighted by atomic mass is 35.5. The van der Waals surface area contributed by atoms with Gasteiger partial charge in [0.05, 0.1) is 12.7 Å². The molecular formula is C15H19ClO2. The molecule has 1 aromatic carbocycles. The van der Waals surface area contributed by atoms with E-state index in [0.29, 0.717) is 28.7 Å². The summed E-state index contributed by atoms with van der Waals surface area (Å²) in [6.07, 6.45) is 6.83. The molecule has 0 N–H and O–H groups in total. The van der Waals surface area contributed by atoms with Gasteiger partial charge in [0.1, 0.15) is 5.75 Å². The molecule has 1 aromatic rings. The van der Waals surface area contributed by atoms with E-state index < -0.39 is 0 Å². The van der Waals surface area contributed by atoms with Crippen LogP contribution in [0, 0.1) is 5.92 Å². The molecule has 0 unspecified atom stereocenters. The van der Waals surface area contributed by atoms with Crippen LogP contribution >= 0.6 is 11.6 Å². The number of halogens is 1. The largest absolute Gasteiger partial charge is 0.496 e. The van der Waals surface area contributed by atoms with E-state index in [1.807, 2.05) is 0 Å². The molecule has 98 valence electrons. The number of hydrogen-bond donors (Lipinski definition) is 0. The first-order valence-electron chi connectivity index (χ1n) is 6.57. The summed E-state index contributed by atoms with van der Waals surface area (Å²) in [7, 11) is 1.57. The fourth-order valence-electron chi connectivity index (χ4n) is 2.66. The van der Waals surface area contributed by atoms with Crippen LogP contribution in [0.1, 0.15) is 48.9 Å². The average molecular weight is 267 g/mol. The van der Waals surface area contributed by atoms with Crippen LogP contribution in [0.5, 0.6) is 5.75 Å². The quantitative estimate of drug-likeness (QED) is 0.750. The molecule has 1 fully saturated rings. The molecule has 0 aliphatic heterocycles. The van der Waals surface area contributed by atoms with Gasteiger partial charge in [-0.2, -0.15) is 0 Å². The summed E-state index contributed by atoms with van der Waals surface area (Å²) in [6, 6.07) is 5.22. The molecule has 0 heterocycles. The third-order valence-corrected chi connectivity index (χ3v) is 3.90. The Morgan fingerprint density at radius 2 is 2.06 bits per heavy atom. The van der Waals surface area contributed by atoms with Crippen LogP contribution in [0.15, 0.2) is 18.2 Å². The number of ether oxygens (including phenoxy) is 1. The number of carbonyl (C=O) groups excluding carboxylic acids is 1. The number of ketones is 1. The number of methoxy groups -OCH3 is 1. The molecular weight excluding hydrogens is 248 g/mol. The summed E-state index contributed by atoms with van der Waals surface area (Å²) >= 11 is 5.90. The van der Waals surface area contributed by atoms with Gasteiger partial charge in [-0.3, -0.25) is 4.79 Å². The van der Waals surface area contributed by atoms with Crippen LogP contribution in [0.25, 0.3) is 0 Å². The molecule has 2 rings (SSSR count). The molecule has 0 bridgehead atoms. The zero-order chi connectivity index (χ0) is 13.0. The van der Waals surface area contributed by atoms with Gasteiger partial charge >= 0.3 is 0 Å². The van der Waals surface area contributed by atoms with Gasteiger partial charge in [-0.1, -0.05) is 43.7 Å². The number of Topliss-reactive ketones (excluding diaryl/α,β-unsaturated/α-hetero) is 1. The molecule has 1 aliphatic rings. The summed E-state index contributed by atoms with van der Waals surface area (Å²) in [6.45, 7) is 0. The molecule has 18 heavy (non-hydrogen) atoms. The lowest BCUT2D eigenvalue weighted by atomic mass is 9.84. The van der Waals surface area contributed by atoms with Crippen molar-refractivity contribution in [2.45, 2.75) is 38.5 Å². The Labute approximate surface area is 113 Å². The van der Waals surface area contributed by atoms with Gasteiger partial charge in [0.2, 0.25) is 0 Å². The lowest BCUT2D eigenvalue weighted by Gasteiger charge is -2.21. The molecule has 0 atom stereocenters. The van der Waals surface area contributed by atoms with E-state index >= 15 is 0 Å². The fourth-order valence-corrected chi connectivity index (χ4v) is 2.82. The molecule has 0 amide bonds. The lowest BCUT2D eigenvalue weighted by Crippen LogP contribution is -2.13. The maximum absolute atomic E-state index is 12.3. The molecule has 3 heteroatoms. The number of rotatable bonds is 4. The highest BCUT2D eigenvalue weighted by Gasteiger charge is 2.20. The van der Waals surface area contributed by atoms with Gasteiger partial charge < -0.3 is 4.74 Å². The zero-order valence-electron chi connectivity index (χ0n) is 10.7. The summed E-state index contributed by atoms with van der Waals surface area (Å²) in [5.41, 5.74) is 0.660. The Hall–Kier alpha value is -1.02. The Balaban J connectivity index is 2.08. The maximum Gasteiger partial charge on any atom is 0.166 e. The van der Waals surface area contributed by atoms with Crippen LogP contribution in [0.2, 0.25) is 5.02 Å². The van der Waals surface area contributed by atoms with Crippen molar-refractivity contribution in [1.82, 2.24) is 0 Å². The van der Waals surface area contributed by atoms with Gasteiger partial charge in [0, 0.05) is 11.4 Å². The standard InChI is InChI=1S/C15H19ClO2/c1-18-15-10-12(16)7-8-13(15)14(17)9-11-5-3-2-4-6-11/h7-8,10-11H,2-6,9H2,1H3. The highest BCUT2D eigenvalue weighted by Crippen LogP contribution is 2.30. The predicted octanol–water partition coefficient (Wildman–Crippen LogP) is 4.50. The van der Waals surface area contributed by atoms with Gasteiger partial charge in [-0.15, -0.1) is 0 Å². The summed E-state index contributed by atoms with van der Waals surface area (Å²) < 4.78 is 5.23. The van der Waals surface area contributed by atoms with Crippen molar-refractivity contribution in [3.8, 4) is 5.75 Å². The third-order valence-electron chi connectivity index (χ3n) is 3.66. The van der Waals surface area contributed by atoms with Crippen LogP contribution in [0.4, 0.5) is 0 Å². The number of benzene rings is 1. The lowest BCUT2D eigenvalue weighted by molar-refractivity contribution is 0.0947. The molecule has 0 saturated heterocycles. The molecule has 0 spiro atoms. The Morgan fingerprint density at radius 3 is 2.72 bits per heavy atom. The first kappa shape index (κ1) is 13.4. The van der Waals surface area contributed by atoms with E-state index in [4.69, 9.17) is 16.3 Å².